The molecular weight excluding hydrogens is 286 g/mol. The molecule has 7 heteroatoms. The van der Waals surface area contributed by atoms with Gasteiger partial charge < -0.3 is 15.1 Å². The Hall–Kier alpha value is -1.89. The van der Waals surface area contributed by atoms with E-state index in [0.717, 1.165) is 61.1 Å². The van der Waals surface area contributed by atoms with E-state index in [1.54, 1.807) is 16.2 Å². The summed E-state index contributed by atoms with van der Waals surface area (Å²) in [4.78, 5) is 26.4. The van der Waals surface area contributed by atoms with Crippen molar-refractivity contribution >= 4 is 39.7 Å². The maximum Gasteiger partial charge on any atom is 0.228 e. The van der Waals surface area contributed by atoms with Crippen LogP contribution in [0.3, 0.4) is 0 Å². The number of piperazine rings is 1. The summed E-state index contributed by atoms with van der Waals surface area (Å²) in [7, 11) is 0. The molecule has 1 N–H and O–H groups in total. The number of nitrogens with one attached hydrogen (secondary N) is 1. The van der Waals surface area contributed by atoms with Gasteiger partial charge in [0.15, 0.2) is 0 Å². The normalized spacial score (nSPS) is 15.5. The second kappa shape index (κ2) is 5.85. The van der Waals surface area contributed by atoms with Gasteiger partial charge in [-0.2, -0.15) is 4.98 Å². The van der Waals surface area contributed by atoms with Crippen molar-refractivity contribution in [1.29, 1.82) is 0 Å². The summed E-state index contributed by atoms with van der Waals surface area (Å²) in [5.41, 5.74) is 0. The lowest BCUT2D eigenvalue weighted by Gasteiger charge is -2.32. The van der Waals surface area contributed by atoms with Gasteiger partial charge in [-0.1, -0.05) is 0 Å². The predicted octanol–water partition coefficient (Wildman–Crippen LogP) is 1.71. The van der Waals surface area contributed by atoms with Crippen LogP contribution in [0.2, 0.25) is 0 Å². The van der Waals surface area contributed by atoms with E-state index in [1.807, 2.05) is 0 Å². The Morgan fingerprint density at radius 3 is 2.76 bits per heavy atom. The molecule has 0 aliphatic carbocycles. The fourth-order valence-corrected chi connectivity index (χ4v) is 3.38. The first-order chi connectivity index (χ1) is 10.2. The molecular formula is C14H19N5OS. The molecule has 2 aromatic heterocycles. The van der Waals surface area contributed by atoms with Crippen molar-refractivity contribution in [1.82, 2.24) is 14.9 Å². The Labute approximate surface area is 127 Å². The highest BCUT2D eigenvalue weighted by atomic mass is 32.1. The fourth-order valence-electron chi connectivity index (χ4n) is 2.50. The summed E-state index contributed by atoms with van der Waals surface area (Å²) in [5, 5.41) is 4.42. The minimum atomic E-state index is 0.727. The summed E-state index contributed by atoms with van der Waals surface area (Å²) in [5.74, 6) is 1.66. The van der Waals surface area contributed by atoms with Crippen LogP contribution in [0.15, 0.2) is 6.07 Å². The lowest BCUT2D eigenvalue weighted by atomic mass is 10.3. The lowest BCUT2D eigenvalue weighted by Crippen LogP contribution is -2.46. The van der Waals surface area contributed by atoms with Gasteiger partial charge in [-0.15, -0.1) is 11.3 Å². The number of nitrogens with zero attached hydrogens (tertiary/aromatic N) is 4. The zero-order chi connectivity index (χ0) is 14.8. The third-order valence-corrected chi connectivity index (χ3v) is 4.54. The van der Waals surface area contributed by atoms with Crippen molar-refractivity contribution in [3.8, 4) is 0 Å². The highest BCUT2D eigenvalue weighted by Gasteiger charge is 2.20. The Morgan fingerprint density at radius 1 is 1.33 bits per heavy atom. The molecule has 1 saturated heterocycles. The van der Waals surface area contributed by atoms with Crippen LogP contribution in [0, 0.1) is 6.92 Å². The number of aromatic nitrogens is 2. The average Bonchev–Trinajstić information content (AvgIpc) is 2.88. The summed E-state index contributed by atoms with van der Waals surface area (Å²) in [6.07, 6.45) is 0.911. The Morgan fingerprint density at radius 2 is 2.10 bits per heavy atom. The van der Waals surface area contributed by atoms with Crippen LogP contribution in [-0.4, -0.2) is 54.0 Å². The number of carbonyl (C=O) groups excluding carboxylic acids is 1. The number of rotatable bonds is 4. The van der Waals surface area contributed by atoms with Gasteiger partial charge in [0.25, 0.3) is 0 Å². The lowest BCUT2D eigenvalue weighted by molar-refractivity contribution is -0.118. The minimum absolute atomic E-state index is 0.727. The van der Waals surface area contributed by atoms with Crippen LogP contribution >= 0.6 is 11.3 Å². The maximum absolute atomic E-state index is 10.8. The first-order valence-electron chi connectivity index (χ1n) is 7.17. The number of hydrogen-bond donors (Lipinski definition) is 1. The number of aryl methyl sites for hydroxylation is 1. The van der Waals surface area contributed by atoms with Crippen molar-refractivity contribution in [3.05, 3.63) is 10.9 Å². The SMILES string of the molecule is CCNc1nc(N2CCN(C=O)CC2)nc2sc(C)cc12. The van der Waals surface area contributed by atoms with Gasteiger partial charge in [0.2, 0.25) is 12.4 Å². The summed E-state index contributed by atoms with van der Waals surface area (Å²) < 4.78 is 0. The van der Waals surface area contributed by atoms with E-state index in [4.69, 9.17) is 4.98 Å². The molecule has 0 spiro atoms. The van der Waals surface area contributed by atoms with Crippen molar-refractivity contribution in [2.24, 2.45) is 0 Å². The van der Waals surface area contributed by atoms with E-state index in [9.17, 15) is 4.79 Å². The maximum atomic E-state index is 10.8. The highest BCUT2D eigenvalue weighted by Crippen LogP contribution is 2.30. The Bertz CT molecular complexity index is 648. The molecule has 0 unspecified atom stereocenters. The Kier molecular flexibility index (Phi) is 3.92. The van der Waals surface area contributed by atoms with E-state index in [0.29, 0.717) is 0 Å². The second-order valence-corrected chi connectivity index (χ2v) is 6.34. The van der Waals surface area contributed by atoms with Crippen LogP contribution < -0.4 is 10.2 Å². The molecule has 21 heavy (non-hydrogen) atoms. The van der Waals surface area contributed by atoms with Crippen LogP contribution in [0.5, 0.6) is 0 Å². The summed E-state index contributed by atoms with van der Waals surface area (Å²) in [6.45, 7) is 8.00. The fraction of sp³-hybridized carbons (Fsp3) is 0.500. The molecule has 1 aliphatic heterocycles. The number of amides is 1. The molecule has 0 aromatic carbocycles. The van der Waals surface area contributed by atoms with Gasteiger partial charge in [-0.05, 0) is 19.9 Å². The molecule has 2 aromatic rings. The van der Waals surface area contributed by atoms with Crippen molar-refractivity contribution in [3.63, 3.8) is 0 Å². The third-order valence-electron chi connectivity index (χ3n) is 3.59. The summed E-state index contributed by atoms with van der Waals surface area (Å²) >= 11 is 1.69. The molecule has 3 heterocycles. The molecule has 0 bridgehead atoms. The smallest absolute Gasteiger partial charge is 0.228 e. The molecule has 112 valence electrons. The second-order valence-electron chi connectivity index (χ2n) is 5.11. The third kappa shape index (κ3) is 2.78. The molecule has 3 rings (SSSR count). The molecule has 1 aliphatic rings. The first kappa shape index (κ1) is 14.1. The van der Waals surface area contributed by atoms with Crippen molar-refractivity contribution in [2.75, 3.05) is 42.9 Å². The highest BCUT2D eigenvalue weighted by molar-refractivity contribution is 7.18. The number of thiophene rings is 1. The van der Waals surface area contributed by atoms with Crippen molar-refractivity contribution < 1.29 is 4.79 Å². The van der Waals surface area contributed by atoms with Crippen LogP contribution in [0.4, 0.5) is 11.8 Å². The van der Waals surface area contributed by atoms with Gasteiger partial charge in [-0.3, -0.25) is 4.79 Å². The number of anilines is 2. The molecule has 0 radical (unpaired) electrons. The van der Waals surface area contributed by atoms with Gasteiger partial charge in [0, 0.05) is 37.6 Å². The standard InChI is InChI=1S/C14H19N5OS/c1-3-15-12-11-8-10(2)21-13(11)17-14(16-12)19-6-4-18(9-20)5-7-19/h8-9H,3-7H2,1-2H3,(H,15,16,17). The van der Waals surface area contributed by atoms with Crippen LogP contribution in [0.25, 0.3) is 10.2 Å². The van der Waals surface area contributed by atoms with Gasteiger partial charge in [-0.25, -0.2) is 4.98 Å². The molecule has 0 atom stereocenters. The topological polar surface area (TPSA) is 61.4 Å². The Balaban J connectivity index is 1.93. The first-order valence-corrected chi connectivity index (χ1v) is 7.99. The van der Waals surface area contributed by atoms with E-state index in [2.05, 4.69) is 35.1 Å². The quantitative estimate of drug-likeness (QED) is 0.871. The van der Waals surface area contributed by atoms with Crippen LogP contribution in [-0.2, 0) is 4.79 Å². The van der Waals surface area contributed by atoms with Crippen molar-refractivity contribution in [2.45, 2.75) is 13.8 Å². The van der Waals surface area contributed by atoms with Gasteiger partial charge in [0.05, 0.1) is 5.39 Å². The number of hydrogen-bond acceptors (Lipinski definition) is 6. The zero-order valence-corrected chi connectivity index (χ0v) is 13.1. The van der Waals surface area contributed by atoms with Gasteiger partial charge >= 0.3 is 0 Å². The minimum Gasteiger partial charge on any atom is -0.370 e. The monoisotopic (exact) mass is 305 g/mol. The average molecular weight is 305 g/mol. The molecule has 0 saturated carbocycles. The van der Waals surface area contributed by atoms with Gasteiger partial charge in [0.1, 0.15) is 10.6 Å². The number of fused-ring (bicyclic) bond motifs is 1. The van der Waals surface area contributed by atoms with E-state index in [1.165, 1.54) is 4.88 Å². The number of carbonyl (C=O) groups is 1. The molecule has 1 amide bonds. The van der Waals surface area contributed by atoms with E-state index < -0.39 is 0 Å². The van der Waals surface area contributed by atoms with E-state index in [-0.39, 0.29) is 0 Å². The summed E-state index contributed by atoms with van der Waals surface area (Å²) in [6, 6.07) is 2.13. The van der Waals surface area contributed by atoms with Crippen LogP contribution in [0.1, 0.15) is 11.8 Å². The predicted molar refractivity (Wildman–Crippen MR) is 86.2 cm³/mol. The largest absolute Gasteiger partial charge is 0.370 e. The molecule has 1 fully saturated rings. The molecule has 6 nitrogen and oxygen atoms in total. The van der Waals surface area contributed by atoms with E-state index >= 15 is 0 Å². The zero-order valence-electron chi connectivity index (χ0n) is 12.3.